The minimum absolute atomic E-state index is 0.0457. The van der Waals surface area contributed by atoms with Crippen LogP contribution in [0.25, 0.3) is 0 Å². The van der Waals surface area contributed by atoms with E-state index in [4.69, 9.17) is 22.1 Å². The number of rotatable bonds is 7. The normalized spacial score (nSPS) is 12.4. The third kappa shape index (κ3) is 4.94. The third-order valence-electron chi connectivity index (χ3n) is 2.58. The Labute approximate surface area is 117 Å². The molecule has 0 aliphatic rings. The van der Waals surface area contributed by atoms with Crippen molar-refractivity contribution in [2.75, 3.05) is 20.8 Å². The molecule has 0 spiro atoms. The van der Waals surface area contributed by atoms with Gasteiger partial charge in [-0.3, -0.25) is 4.79 Å². The Kier molecular flexibility index (Phi) is 6.63. The van der Waals surface area contributed by atoms with Crippen molar-refractivity contribution in [3.05, 3.63) is 21.3 Å². The molecule has 2 N–H and O–H groups in total. The highest BCUT2D eigenvalue weighted by Crippen LogP contribution is 2.22. The summed E-state index contributed by atoms with van der Waals surface area (Å²) in [6, 6.07) is 3.30. The summed E-state index contributed by atoms with van der Waals surface area (Å²) in [6.07, 6.45) is 1.43. The largest absolute Gasteiger partial charge is 0.385 e. The predicted octanol–water partition coefficient (Wildman–Crippen LogP) is 2.11. The Morgan fingerprint density at radius 1 is 1.61 bits per heavy atom. The zero-order valence-electron chi connectivity index (χ0n) is 10.7. The van der Waals surface area contributed by atoms with Gasteiger partial charge in [0.1, 0.15) is 0 Å². The minimum Gasteiger partial charge on any atom is -0.385 e. The van der Waals surface area contributed by atoms with E-state index >= 15 is 0 Å². The lowest BCUT2D eigenvalue weighted by atomic mass is 10.1. The van der Waals surface area contributed by atoms with E-state index in [-0.39, 0.29) is 5.91 Å². The van der Waals surface area contributed by atoms with Crippen LogP contribution >= 0.6 is 22.9 Å². The number of carbonyl (C=O) groups excluding carboxylic acids is 1. The van der Waals surface area contributed by atoms with Gasteiger partial charge in [-0.15, -0.1) is 11.3 Å². The van der Waals surface area contributed by atoms with Crippen LogP contribution in [-0.4, -0.2) is 37.6 Å². The molecule has 0 aromatic carbocycles. The van der Waals surface area contributed by atoms with Crippen molar-refractivity contribution >= 4 is 28.8 Å². The maximum atomic E-state index is 12.0. The van der Waals surface area contributed by atoms with Crippen molar-refractivity contribution in [2.24, 2.45) is 5.73 Å². The summed E-state index contributed by atoms with van der Waals surface area (Å²) in [5, 5.41) is 0. The number of methoxy groups -OCH3 is 1. The second-order valence-electron chi connectivity index (χ2n) is 4.14. The van der Waals surface area contributed by atoms with Crippen LogP contribution in [0.1, 0.15) is 17.7 Å². The van der Waals surface area contributed by atoms with E-state index in [9.17, 15) is 4.79 Å². The fourth-order valence-corrected chi connectivity index (χ4v) is 2.74. The molecule has 18 heavy (non-hydrogen) atoms. The van der Waals surface area contributed by atoms with E-state index < -0.39 is 6.04 Å². The van der Waals surface area contributed by atoms with Crippen molar-refractivity contribution in [1.29, 1.82) is 0 Å². The second kappa shape index (κ2) is 7.74. The van der Waals surface area contributed by atoms with Gasteiger partial charge < -0.3 is 15.4 Å². The monoisotopic (exact) mass is 290 g/mol. The number of carbonyl (C=O) groups is 1. The second-order valence-corrected chi connectivity index (χ2v) is 5.94. The van der Waals surface area contributed by atoms with Gasteiger partial charge >= 0.3 is 0 Å². The Hall–Kier alpha value is -0.620. The van der Waals surface area contributed by atoms with Crippen molar-refractivity contribution in [2.45, 2.75) is 25.4 Å². The Morgan fingerprint density at radius 3 is 2.89 bits per heavy atom. The lowest BCUT2D eigenvalue weighted by Crippen LogP contribution is -2.41. The standard InChI is InChI=1S/C12H19ClN2O2S/c1-15(8-9-5-6-11(13)18-9)12(16)10(14)4-3-7-17-2/h5-6,10H,3-4,7-8,14H2,1-2H3. The molecule has 1 atom stereocenters. The highest BCUT2D eigenvalue weighted by molar-refractivity contribution is 7.16. The SMILES string of the molecule is COCCCC(N)C(=O)N(C)Cc1ccc(Cl)s1. The topological polar surface area (TPSA) is 55.6 Å². The summed E-state index contributed by atoms with van der Waals surface area (Å²) in [6.45, 7) is 1.18. The molecule has 102 valence electrons. The molecule has 1 amide bonds. The molecular weight excluding hydrogens is 272 g/mol. The van der Waals surface area contributed by atoms with Crippen LogP contribution in [-0.2, 0) is 16.1 Å². The van der Waals surface area contributed by atoms with Gasteiger partial charge in [-0.1, -0.05) is 11.6 Å². The number of likely N-dealkylation sites (N-methyl/N-ethyl adjacent to an activating group) is 1. The van der Waals surface area contributed by atoms with E-state index in [1.165, 1.54) is 11.3 Å². The number of hydrogen-bond acceptors (Lipinski definition) is 4. The molecule has 1 rings (SSSR count). The smallest absolute Gasteiger partial charge is 0.239 e. The van der Waals surface area contributed by atoms with Gasteiger partial charge in [-0.25, -0.2) is 0 Å². The van der Waals surface area contributed by atoms with E-state index in [0.29, 0.717) is 19.6 Å². The van der Waals surface area contributed by atoms with Gasteiger partial charge in [0.2, 0.25) is 5.91 Å². The lowest BCUT2D eigenvalue weighted by molar-refractivity contribution is -0.132. The number of hydrogen-bond donors (Lipinski definition) is 1. The zero-order valence-corrected chi connectivity index (χ0v) is 12.3. The molecule has 6 heteroatoms. The van der Waals surface area contributed by atoms with E-state index in [0.717, 1.165) is 15.6 Å². The number of thiophene rings is 1. The van der Waals surface area contributed by atoms with Gasteiger partial charge in [-0.05, 0) is 25.0 Å². The number of nitrogens with two attached hydrogens (primary N) is 1. The highest BCUT2D eigenvalue weighted by atomic mass is 35.5. The minimum atomic E-state index is -0.458. The summed E-state index contributed by atoms with van der Waals surface area (Å²) >= 11 is 7.32. The zero-order chi connectivity index (χ0) is 13.5. The summed E-state index contributed by atoms with van der Waals surface area (Å²) in [5.74, 6) is -0.0457. The van der Waals surface area contributed by atoms with Crippen molar-refractivity contribution in [1.82, 2.24) is 4.90 Å². The third-order valence-corrected chi connectivity index (χ3v) is 3.79. The molecule has 0 saturated heterocycles. The molecule has 1 aromatic heterocycles. The van der Waals surface area contributed by atoms with Gasteiger partial charge in [0, 0.05) is 25.6 Å². The van der Waals surface area contributed by atoms with Crippen molar-refractivity contribution in [3.8, 4) is 0 Å². The maximum Gasteiger partial charge on any atom is 0.239 e. The highest BCUT2D eigenvalue weighted by Gasteiger charge is 2.18. The maximum absolute atomic E-state index is 12.0. The number of amides is 1. The average Bonchev–Trinajstić information content (AvgIpc) is 2.73. The molecule has 4 nitrogen and oxygen atoms in total. The van der Waals surface area contributed by atoms with Crippen LogP contribution in [0.15, 0.2) is 12.1 Å². The Morgan fingerprint density at radius 2 is 2.33 bits per heavy atom. The van der Waals surface area contributed by atoms with Crippen LogP contribution in [0.5, 0.6) is 0 Å². The molecule has 0 fully saturated rings. The molecule has 0 aliphatic heterocycles. The van der Waals surface area contributed by atoms with Gasteiger partial charge in [-0.2, -0.15) is 0 Å². The number of nitrogens with zero attached hydrogens (tertiary/aromatic N) is 1. The first-order valence-electron chi connectivity index (χ1n) is 5.78. The van der Waals surface area contributed by atoms with Gasteiger partial charge in [0.25, 0.3) is 0 Å². The van der Waals surface area contributed by atoms with Crippen LogP contribution in [0.4, 0.5) is 0 Å². The van der Waals surface area contributed by atoms with Crippen molar-refractivity contribution < 1.29 is 9.53 Å². The molecular formula is C12H19ClN2O2S. The fourth-order valence-electron chi connectivity index (χ4n) is 1.60. The van der Waals surface area contributed by atoms with E-state index in [2.05, 4.69) is 0 Å². The fraction of sp³-hybridized carbons (Fsp3) is 0.583. The van der Waals surface area contributed by atoms with Crippen LogP contribution in [0, 0.1) is 0 Å². The number of halogens is 1. The van der Waals surface area contributed by atoms with Crippen LogP contribution in [0.3, 0.4) is 0 Å². The van der Waals surface area contributed by atoms with Crippen LogP contribution < -0.4 is 5.73 Å². The summed E-state index contributed by atoms with van der Waals surface area (Å²) in [7, 11) is 3.39. The van der Waals surface area contributed by atoms with Crippen LogP contribution in [0.2, 0.25) is 4.34 Å². The molecule has 1 unspecified atom stereocenters. The molecule has 0 saturated carbocycles. The lowest BCUT2D eigenvalue weighted by Gasteiger charge is -2.20. The van der Waals surface area contributed by atoms with Crippen molar-refractivity contribution in [3.63, 3.8) is 0 Å². The van der Waals surface area contributed by atoms with Gasteiger partial charge in [0.15, 0.2) is 0 Å². The first kappa shape index (κ1) is 15.4. The first-order valence-corrected chi connectivity index (χ1v) is 6.97. The first-order chi connectivity index (χ1) is 8.54. The van der Waals surface area contributed by atoms with E-state index in [1.807, 2.05) is 12.1 Å². The Balaban J connectivity index is 2.40. The average molecular weight is 291 g/mol. The summed E-state index contributed by atoms with van der Waals surface area (Å²) in [5.41, 5.74) is 5.85. The molecule has 0 aliphatic carbocycles. The number of ether oxygens (including phenoxy) is 1. The summed E-state index contributed by atoms with van der Waals surface area (Å²) in [4.78, 5) is 14.7. The predicted molar refractivity (Wildman–Crippen MR) is 74.9 cm³/mol. The molecule has 1 heterocycles. The summed E-state index contributed by atoms with van der Waals surface area (Å²) < 4.78 is 5.67. The van der Waals surface area contributed by atoms with E-state index in [1.54, 1.807) is 19.1 Å². The Bertz CT molecular complexity index is 384. The molecule has 1 aromatic rings. The van der Waals surface area contributed by atoms with Gasteiger partial charge in [0.05, 0.1) is 16.9 Å². The molecule has 0 radical (unpaired) electrons. The molecule has 0 bridgehead atoms. The quantitative estimate of drug-likeness (QED) is 0.783.